The average molecular weight is 647 g/mol. The lowest BCUT2D eigenvalue weighted by Gasteiger charge is -2.64. The van der Waals surface area contributed by atoms with E-state index in [4.69, 9.17) is 14.2 Å². The SMILES string of the molecule is C[C@@H]1CC([C@H](O)C(C)(C)O)OC2[C@H]1C1(C)CCC34CC35CCC(OC3CN(C(=O)N(C)C)CCO3)C(C)(C)[C@@H]5CCC4[C@]1(C)[C@H]2O. The minimum atomic E-state index is -1.26. The van der Waals surface area contributed by atoms with E-state index in [9.17, 15) is 20.1 Å². The number of hydrogen-bond donors (Lipinski definition) is 3. The average Bonchev–Trinajstić information content (AvgIpc) is 3.62. The first-order valence-corrected chi connectivity index (χ1v) is 18.3. The first-order valence-electron chi connectivity index (χ1n) is 18.3. The molecule has 0 bridgehead atoms. The van der Waals surface area contributed by atoms with Crippen LogP contribution in [0.5, 0.6) is 0 Å². The van der Waals surface area contributed by atoms with Gasteiger partial charge in [-0.05, 0) is 111 Å². The zero-order valence-electron chi connectivity index (χ0n) is 29.9. The summed E-state index contributed by atoms with van der Waals surface area (Å²) in [4.78, 5) is 16.1. The molecule has 0 aromatic carbocycles. The Morgan fingerprint density at radius 1 is 1.04 bits per heavy atom. The van der Waals surface area contributed by atoms with E-state index >= 15 is 0 Å². The third kappa shape index (κ3) is 4.30. The maximum atomic E-state index is 12.7. The van der Waals surface area contributed by atoms with Gasteiger partial charge in [0.25, 0.3) is 0 Å². The molecule has 46 heavy (non-hydrogen) atoms. The summed E-state index contributed by atoms with van der Waals surface area (Å²) in [6, 6.07) is 0.00691. The molecule has 2 heterocycles. The monoisotopic (exact) mass is 646 g/mol. The molecule has 7 aliphatic rings. The number of aliphatic hydroxyl groups excluding tert-OH is 2. The van der Waals surface area contributed by atoms with Crippen molar-refractivity contribution in [3.8, 4) is 0 Å². The fourth-order valence-electron chi connectivity index (χ4n) is 13.6. The number of ether oxygens (including phenoxy) is 3. The highest BCUT2D eigenvalue weighted by Gasteiger charge is 2.84. The number of carbonyl (C=O) groups is 1. The van der Waals surface area contributed by atoms with Crippen molar-refractivity contribution >= 4 is 6.03 Å². The molecule has 0 aromatic rings. The molecule has 0 aromatic heterocycles. The Balaban J connectivity index is 1.11. The second-order valence-corrected chi connectivity index (χ2v) is 18.7. The highest BCUT2D eigenvalue weighted by Crippen LogP contribution is 2.89. The van der Waals surface area contributed by atoms with Gasteiger partial charge in [-0.3, -0.25) is 0 Å². The lowest BCUT2D eigenvalue weighted by Crippen LogP contribution is -2.60. The molecule has 262 valence electrons. The summed E-state index contributed by atoms with van der Waals surface area (Å²) in [5.41, 5.74) is -1.07. The van der Waals surface area contributed by atoms with Crippen molar-refractivity contribution in [2.24, 2.45) is 50.7 Å². The Morgan fingerprint density at radius 3 is 2.39 bits per heavy atom. The highest BCUT2D eigenvalue weighted by molar-refractivity contribution is 5.73. The van der Waals surface area contributed by atoms with Gasteiger partial charge in [0, 0.05) is 26.1 Å². The zero-order valence-corrected chi connectivity index (χ0v) is 29.9. The number of morpholine rings is 1. The van der Waals surface area contributed by atoms with Gasteiger partial charge in [-0.15, -0.1) is 0 Å². The smallest absolute Gasteiger partial charge is 0.319 e. The van der Waals surface area contributed by atoms with E-state index in [2.05, 4.69) is 34.6 Å². The first-order chi connectivity index (χ1) is 21.3. The maximum absolute atomic E-state index is 12.7. The summed E-state index contributed by atoms with van der Waals surface area (Å²) in [6.45, 7) is 16.8. The van der Waals surface area contributed by atoms with Crippen molar-refractivity contribution in [1.29, 1.82) is 0 Å². The second kappa shape index (κ2) is 10.5. The van der Waals surface area contributed by atoms with E-state index in [1.807, 2.05) is 4.90 Å². The van der Waals surface area contributed by atoms with Crippen LogP contribution in [0.25, 0.3) is 0 Å². The predicted octanol–water partition coefficient (Wildman–Crippen LogP) is 4.66. The van der Waals surface area contributed by atoms with Gasteiger partial charge in [0.15, 0.2) is 6.29 Å². The fraction of sp³-hybridized carbons (Fsp3) is 0.973. The normalized spacial score (nSPS) is 51.6. The van der Waals surface area contributed by atoms with Crippen LogP contribution in [-0.2, 0) is 14.2 Å². The van der Waals surface area contributed by atoms with Gasteiger partial charge < -0.3 is 39.3 Å². The molecule has 9 nitrogen and oxygen atoms in total. The van der Waals surface area contributed by atoms with E-state index in [1.54, 1.807) is 32.8 Å². The van der Waals surface area contributed by atoms with Crippen LogP contribution >= 0.6 is 0 Å². The fourth-order valence-corrected chi connectivity index (χ4v) is 13.6. The number of amides is 2. The van der Waals surface area contributed by atoms with Crippen LogP contribution in [0.3, 0.4) is 0 Å². The van der Waals surface area contributed by atoms with Crippen LogP contribution in [0, 0.1) is 50.7 Å². The Kier molecular flexibility index (Phi) is 7.67. The van der Waals surface area contributed by atoms with E-state index < -0.39 is 30.2 Å². The number of rotatable bonds is 4. The van der Waals surface area contributed by atoms with Crippen molar-refractivity contribution in [3.63, 3.8) is 0 Å². The number of urea groups is 1. The Labute approximate surface area is 276 Å². The number of aliphatic hydroxyl groups is 3. The molecule has 7 rings (SSSR count). The van der Waals surface area contributed by atoms with Gasteiger partial charge in [-0.25, -0.2) is 4.79 Å². The van der Waals surface area contributed by atoms with Gasteiger partial charge in [-0.1, -0.05) is 34.6 Å². The summed E-state index contributed by atoms with van der Waals surface area (Å²) < 4.78 is 19.5. The molecule has 14 atom stereocenters. The van der Waals surface area contributed by atoms with Crippen molar-refractivity contribution < 1.29 is 34.3 Å². The highest BCUT2D eigenvalue weighted by atomic mass is 16.7. The Hall–Kier alpha value is -0.970. The molecule has 9 heteroatoms. The topological polar surface area (TPSA) is 112 Å². The molecule has 2 spiro atoms. The molecule has 0 radical (unpaired) electrons. The molecule has 2 amide bonds. The molecule has 5 aliphatic carbocycles. The minimum absolute atomic E-state index is 0.00691. The van der Waals surface area contributed by atoms with Crippen molar-refractivity contribution in [3.05, 3.63) is 0 Å². The quantitative estimate of drug-likeness (QED) is 0.408. The van der Waals surface area contributed by atoms with Crippen LogP contribution in [0.1, 0.15) is 99.8 Å². The summed E-state index contributed by atoms with van der Waals surface area (Å²) in [5.74, 6) is 1.51. The predicted molar refractivity (Wildman–Crippen MR) is 174 cm³/mol. The van der Waals surface area contributed by atoms with E-state index in [-0.39, 0.29) is 51.2 Å². The van der Waals surface area contributed by atoms with E-state index in [1.165, 1.54) is 12.8 Å². The lowest BCUT2D eigenvalue weighted by atomic mass is 9.41. The summed E-state index contributed by atoms with van der Waals surface area (Å²) >= 11 is 0. The standard InChI is InChI=1S/C37H62N2O7/c1-21-18-22(29(40)33(4,5)43)45-28-27(21)34(6)14-15-37-20-36(37)13-12-25(46-26-19-39(16-17-44-26)31(42)38(8)9)32(2,3)23(36)10-11-24(37)35(34,7)30(28)41/h21-30,40-41,43H,10-20H2,1-9H3/t21-,22?,23+,24?,25?,26?,27+,28?,29+,30+,34?,35-,36?,37?/m1/s1. The molecular formula is C37H62N2O7. The van der Waals surface area contributed by atoms with E-state index in [0.717, 1.165) is 32.1 Å². The molecule has 7 fully saturated rings. The third-order valence-electron chi connectivity index (χ3n) is 15.8. The number of hydrogen-bond acceptors (Lipinski definition) is 7. The second-order valence-electron chi connectivity index (χ2n) is 18.7. The molecule has 8 unspecified atom stereocenters. The molecule has 3 N–H and O–H groups in total. The molecule has 5 saturated carbocycles. The number of fused-ring (bicyclic) bond motifs is 4. The van der Waals surface area contributed by atoms with Crippen LogP contribution in [0.15, 0.2) is 0 Å². The number of carbonyl (C=O) groups excluding carboxylic acids is 1. The zero-order chi connectivity index (χ0) is 33.4. The van der Waals surface area contributed by atoms with Crippen LogP contribution < -0.4 is 0 Å². The molecule has 2 saturated heterocycles. The largest absolute Gasteiger partial charge is 0.390 e. The molecular weight excluding hydrogens is 584 g/mol. The van der Waals surface area contributed by atoms with Crippen LogP contribution in [0.2, 0.25) is 0 Å². The van der Waals surface area contributed by atoms with Gasteiger partial charge >= 0.3 is 6.03 Å². The summed E-state index contributed by atoms with van der Waals surface area (Å²) in [5, 5.41) is 34.1. The summed E-state index contributed by atoms with van der Waals surface area (Å²) in [6.07, 6.45) is 5.97. The van der Waals surface area contributed by atoms with E-state index in [0.29, 0.717) is 43.9 Å². The lowest BCUT2D eigenvalue weighted by molar-refractivity contribution is -0.245. The number of nitrogens with zero attached hydrogens (tertiary/aromatic N) is 2. The van der Waals surface area contributed by atoms with Crippen molar-refractivity contribution in [1.82, 2.24) is 9.80 Å². The van der Waals surface area contributed by atoms with Gasteiger partial charge in [0.05, 0.1) is 43.2 Å². The van der Waals surface area contributed by atoms with Gasteiger partial charge in [0.1, 0.15) is 6.10 Å². The molecule has 2 aliphatic heterocycles. The van der Waals surface area contributed by atoms with Crippen LogP contribution in [0.4, 0.5) is 4.79 Å². The maximum Gasteiger partial charge on any atom is 0.319 e. The van der Waals surface area contributed by atoms with Gasteiger partial charge in [0.2, 0.25) is 0 Å². The first kappa shape index (κ1) is 33.5. The van der Waals surface area contributed by atoms with Crippen LogP contribution in [-0.4, -0.2) is 107 Å². The summed E-state index contributed by atoms with van der Waals surface area (Å²) in [7, 11) is 3.58. The Morgan fingerprint density at radius 2 is 1.72 bits per heavy atom. The van der Waals surface area contributed by atoms with Crippen molar-refractivity contribution in [2.75, 3.05) is 33.8 Å². The van der Waals surface area contributed by atoms with Crippen molar-refractivity contribution in [2.45, 2.75) is 142 Å². The Bertz CT molecular complexity index is 1220. The third-order valence-corrected chi connectivity index (χ3v) is 15.8. The van der Waals surface area contributed by atoms with Gasteiger partial charge in [-0.2, -0.15) is 0 Å². The minimum Gasteiger partial charge on any atom is -0.390 e.